The van der Waals surface area contributed by atoms with Crippen molar-refractivity contribution in [2.45, 2.75) is 19.8 Å². The molecule has 0 radical (unpaired) electrons. The highest BCUT2D eigenvalue weighted by atomic mass is 16.2. The lowest BCUT2D eigenvalue weighted by Gasteiger charge is -2.09. The molecule has 92 valence electrons. The summed E-state index contributed by atoms with van der Waals surface area (Å²) in [6.45, 7) is 3.38. The Morgan fingerprint density at radius 3 is 2.82 bits per heavy atom. The standard InChI is InChI=1S/C13H19N3O/c1-9-8-11(4-5-12(9)14)15-6-7-16-13(17)10-2-3-10/h4-5,8,10,15H,2-3,6-7,14H2,1H3,(H,16,17). The number of aryl methyl sites for hydroxylation is 1. The van der Waals surface area contributed by atoms with Gasteiger partial charge in [-0.1, -0.05) is 0 Å². The van der Waals surface area contributed by atoms with Gasteiger partial charge in [-0.15, -0.1) is 0 Å². The smallest absolute Gasteiger partial charge is 0.223 e. The Morgan fingerprint density at radius 1 is 1.41 bits per heavy atom. The number of carbonyl (C=O) groups excluding carboxylic acids is 1. The van der Waals surface area contributed by atoms with Crippen LogP contribution in [-0.4, -0.2) is 19.0 Å². The van der Waals surface area contributed by atoms with Gasteiger partial charge in [-0.3, -0.25) is 4.79 Å². The fourth-order valence-electron chi connectivity index (χ4n) is 1.67. The van der Waals surface area contributed by atoms with Crippen molar-refractivity contribution in [3.05, 3.63) is 23.8 Å². The average molecular weight is 233 g/mol. The molecule has 1 saturated carbocycles. The van der Waals surface area contributed by atoms with E-state index in [9.17, 15) is 4.79 Å². The van der Waals surface area contributed by atoms with E-state index < -0.39 is 0 Å². The number of amides is 1. The molecule has 1 amide bonds. The Bertz CT molecular complexity index is 413. The maximum atomic E-state index is 11.4. The fraction of sp³-hybridized carbons (Fsp3) is 0.462. The van der Waals surface area contributed by atoms with Crippen LogP contribution in [0.25, 0.3) is 0 Å². The molecule has 0 aliphatic heterocycles. The highest BCUT2D eigenvalue weighted by Gasteiger charge is 2.28. The summed E-state index contributed by atoms with van der Waals surface area (Å²) in [5.41, 5.74) is 8.65. The third-order valence-electron chi connectivity index (χ3n) is 2.97. The molecule has 1 aliphatic carbocycles. The molecule has 0 bridgehead atoms. The molecule has 1 aliphatic rings. The van der Waals surface area contributed by atoms with Gasteiger partial charge in [0.1, 0.15) is 0 Å². The van der Waals surface area contributed by atoms with Crippen LogP contribution in [0.5, 0.6) is 0 Å². The molecule has 0 unspecified atom stereocenters. The van der Waals surface area contributed by atoms with Gasteiger partial charge in [0.25, 0.3) is 0 Å². The van der Waals surface area contributed by atoms with E-state index in [0.29, 0.717) is 6.54 Å². The third-order valence-corrected chi connectivity index (χ3v) is 2.97. The van der Waals surface area contributed by atoms with E-state index in [1.807, 2.05) is 25.1 Å². The Balaban J connectivity index is 1.70. The van der Waals surface area contributed by atoms with Crippen molar-refractivity contribution in [1.29, 1.82) is 0 Å². The average Bonchev–Trinajstić information content (AvgIpc) is 3.13. The molecular weight excluding hydrogens is 214 g/mol. The molecule has 17 heavy (non-hydrogen) atoms. The van der Waals surface area contributed by atoms with Gasteiger partial charge in [-0.25, -0.2) is 0 Å². The third kappa shape index (κ3) is 3.37. The highest BCUT2D eigenvalue weighted by Crippen LogP contribution is 2.28. The van der Waals surface area contributed by atoms with Gasteiger partial charge >= 0.3 is 0 Å². The SMILES string of the molecule is Cc1cc(NCCNC(=O)C2CC2)ccc1N. The first-order valence-corrected chi connectivity index (χ1v) is 6.04. The number of rotatable bonds is 5. The molecular formula is C13H19N3O. The monoisotopic (exact) mass is 233 g/mol. The lowest BCUT2D eigenvalue weighted by molar-refractivity contribution is -0.122. The van der Waals surface area contributed by atoms with Crippen molar-refractivity contribution in [3.8, 4) is 0 Å². The topological polar surface area (TPSA) is 67.1 Å². The summed E-state index contributed by atoms with van der Waals surface area (Å²) >= 11 is 0. The second-order valence-corrected chi connectivity index (χ2v) is 4.56. The molecule has 0 saturated heterocycles. The molecule has 1 fully saturated rings. The second kappa shape index (κ2) is 5.08. The zero-order chi connectivity index (χ0) is 12.3. The number of benzene rings is 1. The van der Waals surface area contributed by atoms with Crippen LogP contribution in [0.15, 0.2) is 18.2 Å². The summed E-state index contributed by atoms with van der Waals surface area (Å²) in [5.74, 6) is 0.481. The number of nitrogens with one attached hydrogen (secondary N) is 2. The summed E-state index contributed by atoms with van der Waals surface area (Å²) in [4.78, 5) is 11.4. The van der Waals surface area contributed by atoms with Crippen molar-refractivity contribution in [2.75, 3.05) is 24.1 Å². The number of nitrogen functional groups attached to an aromatic ring is 1. The van der Waals surface area contributed by atoms with Crippen molar-refractivity contribution < 1.29 is 4.79 Å². The first-order valence-electron chi connectivity index (χ1n) is 6.04. The van der Waals surface area contributed by atoms with Gasteiger partial charge < -0.3 is 16.4 Å². The van der Waals surface area contributed by atoms with Crippen molar-refractivity contribution >= 4 is 17.3 Å². The molecule has 0 aromatic heterocycles. The quantitative estimate of drug-likeness (QED) is 0.533. The predicted octanol–water partition coefficient (Wildman–Crippen LogP) is 1.52. The van der Waals surface area contributed by atoms with Crippen molar-refractivity contribution in [2.24, 2.45) is 5.92 Å². The summed E-state index contributed by atoms with van der Waals surface area (Å²) in [6, 6.07) is 5.85. The molecule has 1 aromatic rings. The van der Waals surface area contributed by atoms with Crippen LogP contribution in [0, 0.1) is 12.8 Å². The maximum Gasteiger partial charge on any atom is 0.223 e. The zero-order valence-electron chi connectivity index (χ0n) is 10.1. The lowest BCUT2D eigenvalue weighted by atomic mass is 10.2. The van der Waals surface area contributed by atoms with E-state index in [1.54, 1.807) is 0 Å². The minimum atomic E-state index is 0.195. The minimum absolute atomic E-state index is 0.195. The van der Waals surface area contributed by atoms with Crippen molar-refractivity contribution in [1.82, 2.24) is 5.32 Å². The fourth-order valence-corrected chi connectivity index (χ4v) is 1.67. The van der Waals surface area contributed by atoms with Crippen LogP contribution in [-0.2, 0) is 4.79 Å². The molecule has 0 atom stereocenters. The summed E-state index contributed by atoms with van der Waals surface area (Å²) in [5, 5.41) is 6.17. The largest absolute Gasteiger partial charge is 0.399 e. The summed E-state index contributed by atoms with van der Waals surface area (Å²) in [7, 11) is 0. The van der Waals surface area contributed by atoms with Gasteiger partial charge in [-0.2, -0.15) is 0 Å². The van der Waals surface area contributed by atoms with Crippen LogP contribution in [0.4, 0.5) is 11.4 Å². The Hall–Kier alpha value is -1.71. The van der Waals surface area contributed by atoms with E-state index in [4.69, 9.17) is 5.73 Å². The molecule has 0 spiro atoms. The molecule has 1 aromatic carbocycles. The number of anilines is 2. The normalized spacial score (nSPS) is 14.4. The molecule has 4 nitrogen and oxygen atoms in total. The molecule has 2 rings (SSSR count). The van der Waals surface area contributed by atoms with Crippen LogP contribution in [0.2, 0.25) is 0 Å². The van der Waals surface area contributed by atoms with Crippen LogP contribution >= 0.6 is 0 Å². The maximum absolute atomic E-state index is 11.4. The Morgan fingerprint density at radius 2 is 2.18 bits per heavy atom. The minimum Gasteiger partial charge on any atom is -0.399 e. The van der Waals surface area contributed by atoms with Gasteiger partial charge in [0.05, 0.1) is 0 Å². The molecule has 0 heterocycles. The van der Waals surface area contributed by atoms with Crippen molar-refractivity contribution in [3.63, 3.8) is 0 Å². The van der Waals surface area contributed by atoms with E-state index >= 15 is 0 Å². The van der Waals surface area contributed by atoms with Crippen LogP contribution in [0.3, 0.4) is 0 Å². The number of nitrogens with two attached hydrogens (primary N) is 1. The number of hydrogen-bond acceptors (Lipinski definition) is 3. The van der Waals surface area contributed by atoms with Crippen LogP contribution in [0.1, 0.15) is 18.4 Å². The highest BCUT2D eigenvalue weighted by molar-refractivity contribution is 5.80. The number of carbonyl (C=O) groups is 1. The van der Waals surface area contributed by atoms with Gasteiger partial charge in [0.15, 0.2) is 0 Å². The van der Waals surface area contributed by atoms with E-state index in [-0.39, 0.29) is 11.8 Å². The van der Waals surface area contributed by atoms with E-state index in [0.717, 1.165) is 36.3 Å². The Labute approximate surface area is 102 Å². The summed E-state index contributed by atoms with van der Waals surface area (Å²) < 4.78 is 0. The molecule has 4 N–H and O–H groups in total. The first kappa shape index (κ1) is 11.8. The number of hydrogen-bond donors (Lipinski definition) is 3. The molecule has 4 heteroatoms. The van der Waals surface area contributed by atoms with Gasteiger partial charge in [-0.05, 0) is 43.5 Å². The second-order valence-electron chi connectivity index (χ2n) is 4.56. The first-order chi connectivity index (χ1) is 8.16. The van der Waals surface area contributed by atoms with Gasteiger partial charge in [0.2, 0.25) is 5.91 Å². The van der Waals surface area contributed by atoms with Crippen LogP contribution < -0.4 is 16.4 Å². The Kier molecular flexibility index (Phi) is 3.52. The predicted molar refractivity (Wildman–Crippen MR) is 69.8 cm³/mol. The summed E-state index contributed by atoms with van der Waals surface area (Å²) in [6.07, 6.45) is 2.10. The van der Waals surface area contributed by atoms with E-state index in [2.05, 4.69) is 10.6 Å². The zero-order valence-corrected chi connectivity index (χ0v) is 10.1. The lowest BCUT2D eigenvalue weighted by Crippen LogP contribution is -2.29. The van der Waals surface area contributed by atoms with E-state index in [1.165, 1.54) is 0 Å². The van der Waals surface area contributed by atoms with Gasteiger partial charge in [0, 0.05) is 30.4 Å².